The van der Waals surface area contributed by atoms with Crippen molar-refractivity contribution in [3.05, 3.63) is 0 Å². The molecule has 1 saturated heterocycles. The Hall–Kier alpha value is -0.120. The van der Waals surface area contributed by atoms with Crippen LogP contribution in [0.1, 0.15) is 65.2 Å². The molecule has 2 rings (SSSR count). The lowest BCUT2D eigenvalue weighted by Crippen LogP contribution is -2.45. The molecule has 0 bridgehead atoms. The summed E-state index contributed by atoms with van der Waals surface area (Å²) < 4.78 is 5.93. The summed E-state index contributed by atoms with van der Waals surface area (Å²) >= 11 is 0. The molecule has 0 radical (unpaired) electrons. The highest BCUT2D eigenvalue weighted by Crippen LogP contribution is 2.33. The Morgan fingerprint density at radius 2 is 2.00 bits per heavy atom. The predicted molar refractivity (Wildman–Crippen MR) is 87.5 cm³/mol. The van der Waals surface area contributed by atoms with Gasteiger partial charge in [-0.05, 0) is 56.9 Å². The Kier molecular flexibility index (Phi) is 7.48. The normalized spacial score (nSPS) is 35.0. The summed E-state index contributed by atoms with van der Waals surface area (Å²) in [5.74, 6) is 1.33. The van der Waals surface area contributed by atoms with E-state index >= 15 is 0 Å². The van der Waals surface area contributed by atoms with Crippen LogP contribution >= 0.6 is 0 Å². The van der Waals surface area contributed by atoms with E-state index in [4.69, 9.17) is 4.74 Å². The molecule has 2 aliphatic rings. The third kappa shape index (κ3) is 5.54. The monoisotopic (exact) mass is 297 g/mol. The smallest absolute Gasteiger partial charge is 0.0702 e. The van der Waals surface area contributed by atoms with E-state index in [1.54, 1.807) is 0 Å². The van der Waals surface area contributed by atoms with Crippen LogP contribution in [-0.2, 0) is 4.74 Å². The van der Waals surface area contributed by atoms with Gasteiger partial charge in [-0.25, -0.2) is 0 Å². The molecule has 1 aliphatic heterocycles. The largest absolute Gasteiger partial charge is 0.393 e. The summed E-state index contributed by atoms with van der Waals surface area (Å²) in [6, 6.07) is 0. The third-order valence-corrected chi connectivity index (χ3v) is 5.26. The molecule has 3 heteroatoms. The number of hydrogen-bond acceptors (Lipinski definition) is 3. The molecule has 0 amide bonds. The van der Waals surface area contributed by atoms with Gasteiger partial charge in [0.15, 0.2) is 0 Å². The summed E-state index contributed by atoms with van der Waals surface area (Å²) in [5, 5.41) is 10.3. The standard InChI is InChI=1S/C18H35NO2/c1-3-6-15-8-9-18(20)16(12-15)13-19-10-5-7-17(14-19)21-11-4-2/h15-18,20H,3-14H2,1-2H3. The molecular formula is C18H35NO2. The highest BCUT2D eigenvalue weighted by atomic mass is 16.5. The van der Waals surface area contributed by atoms with E-state index < -0.39 is 0 Å². The first-order valence-corrected chi connectivity index (χ1v) is 9.24. The van der Waals surface area contributed by atoms with Gasteiger partial charge in [-0.1, -0.05) is 26.7 Å². The average Bonchev–Trinajstić information content (AvgIpc) is 2.49. The first-order valence-electron chi connectivity index (χ1n) is 9.24. The second-order valence-electron chi connectivity index (χ2n) is 7.19. The van der Waals surface area contributed by atoms with Gasteiger partial charge in [0.1, 0.15) is 0 Å². The average molecular weight is 297 g/mol. The third-order valence-electron chi connectivity index (χ3n) is 5.26. The molecule has 3 nitrogen and oxygen atoms in total. The quantitative estimate of drug-likeness (QED) is 0.781. The fourth-order valence-corrected chi connectivity index (χ4v) is 4.14. The van der Waals surface area contributed by atoms with Gasteiger partial charge in [-0.15, -0.1) is 0 Å². The SMILES string of the molecule is CCCOC1CCCN(CC2CC(CCC)CCC2O)C1. The molecule has 0 spiro atoms. The molecule has 4 atom stereocenters. The molecule has 0 aromatic rings. The van der Waals surface area contributed by atoms with E-state index in [0.717, 1.165) is 38.5 Å². The first kappa shape index (κ1) is 17.2. The predicted octanol–water partition coefficient (Wildman–Crippen LogP) is 3.45. The van der Waals surface area contributed by atoms with Crippen LogP contribution in [0, 0.1) is 11.8 Å². The van der Waals surface area contributed by atoms with E-state index in [-0.39, 0.29) is 6.10 Å². The highest BCUT2D eigenvalue weighted by molar-refractivity contribution is 4.84. The highest BCUT2D eigenvalue weighted by Gasteiger charge is 2.31. The van der Waals surface area contributed by atoms with Gasteiger partial charge in [-0.2, -0.15) is 0 Å². The van der Waals surface area contributed by atoms with Gasteiger partial charge in [0.25, 0.3) is 0 Å². The Morgan fingerprint density at radius 1 is 1.14 bits per heavy atom. The molecule has 124 valence electrons. The topological polar surface area (TPSA) is 32.7 Å². The van der Waals surface area contributed by atoms with Crippen molar-refractivity contribution in [2.45, 2.75) is 77.4 Å². The van der Waals surface area contributed by atoms with Crippen molar-refractivity contribution in [1.82, 2.24) is 4.90 Å². The number of nitrogens with zero attached hydrogens (tertiary/aromatic N) is 1. The van der Waals surface area contributed by atoms with E-state index in [9.17, 15) is 5.11 Å². The van der Waals surface area contributed by atoms with Crippen LogP contribution in [0.5, 0.6) is 0 Å². The number of likely N-dealkylation sites (tertiary alicyclic amines) is 1. The van der Waals surface area contributed by atoms with Crippen LogP contribution in [-0.4, -0.2) is 48.5 Å². The van der Waals surface area contributed by atoms with Crippen molar-refractivity contribution in [2.75, 3.05) is 26.2 Å². The van der Waals surface area contributed by atoms with Crippen molar-refractivity contribution >= 4 is 0 Å². The van der Waals surface area contributed by atoms with Crippen molar-refractivity contribution < 1.29 is 9.84 Å². The number of ether oxygens (including phenoxy) is 1. The van der Waals surface area contributed by atoms with Gasteiger partial charge in [0, 0.05) is 19.7 Å². The molecule has 1 heterocycles. The minimum atomic E-state index is -0.0740. The van der Waals surface area contributed by atoms with Crippen LogP contribution in [0.4, 0.5) is 0 Å². The van der Waals surface area contributed by atoms with E-state index in [1.807, 2.05) is 0 Å². The van der Waals surface area contributed by atoms with Gasteiger partial charge in [0.2, 0.25) is 0 Å². The second kappa shape index (κ2) is 9.12. The van der Waals surface area contributed by atoms with E-state index in [0.29, 0.717) is 12.0 Å². The van der Waals surface area contributed by atoms with Crippen molar-refractivity contribution in [2.24, 2.45) is 11.8 Å². The summed E-state index contributed by atoms with van der Waals surface area (Å²) in [4.78, 5) is 2.55. The number of aliphatic hydroxyl groups is 1. The van der Waals surface area contributed by atoms with Gasteiger partial charge < -0.3 is 14.7 Å². The minimum absolute atomic E-state index is 0.0740. The Labute approximate surface area is 131 Å². The van der Waals surface area contributed by atoms with Crippen LogP contribution in [0.2, 0.25) is 0 Å². The molecule has 21 heavy (non-hydrogen) atoms. The zero-order valence-corrected chi connectivity index (χ0v) is 14.1. The minimum Gasteiger partial charge on any atom is -0.393 e. The summed E-state index contributed by atoms with van der Waals surface area (Å²) in [7, 11) is 0. The van der Waals surface area contributed by atoms with E-state index in [2.05, 4.69) is 18.7 Å². The van der Waals surface area contributed by atoms with Crippen molar-refractivity contribution in [3.63, 3.8) is 0 Å². The number of hydrogen-bond donors (Lipinski definition) is 1. The lowest BCUT2D eigenvalue weighted by molar-refractivity contribution is -0.0229. The summed E-state index contributed by atoms with van der Waals surface area (Å²) in [5.41, 5.74) is 0. The molecule has 1 aliphatic carbocycles. The molecule has 2 fully saturated rings. The maximum absolute atomic E-state index is 10.3. The van der Waals surface area contributed by atoms with Crippen molar-refractivity contribution in [3.8, 4) is 0 Å². The molecule has 1 saturated carbocycles. The zero-order valence-electron chi connectivity index (χ0n) is 14.1. The zero-order chi connectivity index (χ0) is 15.1. The molecule has 4 unspecified atom stereocenters. The lowest BCUT2D eigenvalue weighted by atomic mass is 9.77. The maximum atomic E-state index is 10.3. The van der Waals surface area contributed by atoms with Gasteiger partial charge in [0.05, 0.1) is 12.2 Å². The van der Waals surface area contributed by atoms with Crippen LogP contribution in [0.25, 0.3) is 0 Å². The molecular weight excluding hydrogens is 262 g/mol. The van der Waals surface area contributed by atoms with Crippen LogP contribution in [0.3, 0.4) is 0 Å². The molecule has 0 aromatic heterocycles. The van der Waals surface area contributed by atoms with Crippen molar-refractivity contribution in [1.29, 1.82) is 0 Å². The van der Waals surface area contributed by atoms with Crippen LogP contribution in [0.15, 0.2) is 0 Å². The number of piperidine rings is 1. The summed E-state index contributed by atoms with van der Waals surface area (Å²) in [6.45, 7) is 8.68. The van der Waals surface area contributed by atoms with Gasteiger partial charge in [-0.3, -0.25) is 0 Å². The Balaban J connectivity index is 1.78. The lowest BCUT2D eigenvalue weighted by Gasteiger charge is -2.39. The fraction of sp³-hybridized carbons (Fsp3) is 1.00. The van der Waals surface area contributed by atoms with Crippen LogP contribution < -0.4 is 0 Å². The first-order chi connectivity index (χ1) is 10.2. The van der Waals surface area contributed by atoms with E-state index in [1.165, 1.54) is 45.1 Å². The fourth-order valence-electron chi connectivity index (χ4n) is 4.14. The second-order valence-corrected chi connectivity index (χ2v) is 7.19. The number of rotatable bonds is 7. The molecule has 0 aromatic carbocycles. The number of aliphatic hydroxyl groups excluding tert-OH is 1. The summed E-state index contributed by atoms with van der Waals surface area (Å²) in [6.07, 6.45) is 10.0. The Bertz CT molecular complexity index is 284. The Morgan fingerprint density at radius 3 is 2.76 bits per heavy atom. The molecule has 1 N–H and O–H groups in total. The van der Waals surface area contributed by atoms with Gasteiger partial charge >= 0.3 is 0 Å². The maximum Gasteiger partial charge on any atom is 0.0702 e.